The molecule has 0 saturated carbocycles. The van der Waals surface area contributed by atoms with Crippen LogP contribution in [0.3, 0.4) is 0 Å². The summed E-state index contributed by atoms with van der Waals surface area (Å²) < 4.78 is 40.2. The Labute approximate surface area is 100 Å². The minimum absolute atomic E-state index is 0.454. The van der Waals surface area contributed by atoms with Gasteiger partial charge in [0.25, 0.3) is 10.1 Å². The summed E-state index contributed by atoms with van der Waals surface area (Å²) in [5.74, 6) is 0.439. The standard InChI is InChI=1S/C10H15NO5S/c1-15-9-4-3-7(5-10(9)16-2)8(11)6-17(12,13)14/h3-5,8H,6,11H2,1-2H3,(H,12,13,14). The van der Waals surface area contributed by atoms with Crippen molar-refractivity contribution in [1.82, 2.24) is 0 Å². The molecule has 1 atom stereocenters. The molecule has 0 aliphatic carbocycles. The van der Waals surface area contributed by atoms with Crippen molar-refractivity contribution in [3.63, 3.8) is 0 Å². The van der Waals surface area contributed by atoms with E-state index in [2.05, 4.69) is 0 Å². The number of hydrogen-bond acceptors (Lipinski definition) is 5. The Bertz CT molecular complexity index is 485. The van der Waals surface area contributed by atoms with Crippen LogP contribution in [0.4, 0.5) is 0 Å². The van der Waals surface area contributed by atoms with E-state index in [1.165, 1.54) is 14.2 Å². The molecular weight excluding hydrogens is 246 g/mol. The van der Waals surface area contributed by atoms with Crippen LogP contribution in [-0.2, 0) is 10.1 Å². The summed E-state index contributed by atoms with van der Waals surface area (Å²) in [6.45, 7) is 0. The van der Waals surface area contributed by atoms with Gasteiger partial charge in [0.05, 0.1) is 20.0 Å². The maximum Gasteiger partial charge on any atom is 0.266 e. The minimum atomic E-state index is -4.10. The Morgan fingerprint density at radius 3 is 2.35 bits per heavy atom. The quantitative estimate of drug-likeness (QED) is 0.753. The molecule has 0 aliphatic heterocycles. The molecular formula is C10H15NO5S. The van der Waals surface area contributed by atoms with Gasteiger partial charge in [-0.15, -0.1) is 0 Å². The normalized spacial score (nSPS) is 13.2. The highest BCUT2D eigenvalue weighted by molar-refractivity contribution is 7.85. The number of nitrogens with two attached hydrogens (primary N) is 1. The average Bonchev–Trinajstić information content (AvgIpc) is 2.25. The van der Waals surface area contributed by atoms with Crippen LogP contribution in [0.15, 0.2) is 18.2 Å². The van der Waals surface area contributed by atoms with Gasteiger partial charge in [-0.05, 0) is 17.7 Å². The first kappa shape index (κ1) is 13.8. The lowest BCUT2D eigenvalue weighted by Gasteiger charge is -2.13. The highest BCUT2D eigenvalue weighted by Crippen LogP contribution is 2.29. The van der Waals surface area contributed by atoms with Crippen molar-refractivity contribution < 1.29 is 22.4 Å². The topological polar surface area (TPSA) is 98.9 Å². The maximum atomic E-state index is 10.7. The van der Waals surface area contributed by atoms with Gasteiger partial charge in [-0.2, -0.15) is 8.42 Å². The molecule has 17 heavy (non-hydrogen) atoms. The van der Waals surface area contributed by atoms with E-state index in [0.29, 0.717) is 17.1 Å². The summed E-state index contributed by atoms with van der Waals surface area (Å²) >= 11 is 0. The van der Waals surface area contributed by atoms with Crippen molar-refractivity contribution in [2.24, 2.45) is 5.73 Å². The molecule has 7 heteroatoms. The molecule has 0 amide bonds. The summed E-state index contributed by atoms with van der Waals surface area (Å²) in [6, 6.07) is 4.01. The molecule has 0 heterocycles. The Morgan fingerprint density at radius 1 is 1.29 bits per heavy atom. The molecule has 1 unspecified atom stereocenters. The second kappa shape index (κ2) is 5.35. The smallest absolute Gasteiger partial charge is 0.266 e. The summed E-state index contributed by atoms with van der Waals surface area (Å²) in [5.41, 5.74) is 6.20. The lowest BCUT2D eigenvalue weighted by molar-refractivity contribution is 0.354. The van der Waals surface area contributed by atoms with Gasteiger partial charge in [0.2, 0.25) is 0 Å². The predicted octanol–water partition coefficient (Wildman–Crippen LogP) is 0.591. The number of rotatable bonds is 5. The molecule has 0 saturated heterocycles. The van der Waals surface area contributed by atoms with E-state index in [9.17, 15) is 8.42 Å². The van der Waals surface area contributed by atoms with E-state index in [-0.39, 0.29) is 0 Å². The van der Waals surface area contributed by atoms with Crippen LogP contribution in [-0.4, -0.2) is 32.9 Å². The lowest BCUT2D eigenvalue weighted by Crippen LogP contribution is -2.21. The number of hydrogen-bond donors (Lipinski definition) is 2. The van der Waals surface area contributed by atoms with Crippen LogP contribution in [0.1, 0.15) is 11.6 Å². The van der Waals surface area contributed by atoms with Crippen molar-refractivity contribution in [2.75, 3.05) is 20.0 Å². The van der Waals surface area contributed by atoms with Gasteiger partial charge >= 0.3 is 0 Å². The van der Waals surface area contributed by atoms with Gasteiger partial charge in [-0.1, -0.05) is 6.07 Å². The molecule has 0 spiro atoms. The molecule has 0 aromatic heterocycles. The van der Waals surface area contributed by atoms with E-state index in [4.69, 9.17) is 19.8 Å². The van der Waals surface area contributed by atoms with Crippen molar-refractivity contribution in [2.45, 2.75) is 6.04 Å². The van der Waals surface area contributed by atoms with Crippen molar-refractivity contribution in [1.29, 1.82) is 0 Å². The number of ether oxygens (including phenoxy) is 2. The van der Waals surface area contributed by atoms with E-state index in [1.807, 2.05) is 0 Å². The fraction of sp³-hybridized carbons (Fsp3) is 0.400. The van der Waals surface area contributed by atoms with Crippen LogP contribution in [0.5, 0.6) is 11.5 Å². The molecule has 1 rings (SSSR count). The number of benzene rings is 1. The average molecular weight is 261 g/mol. The Morgan fingerprint density at radius 2 is 1.88 bits per heavy atom. The fourth-order valence-electron chi connectivity index (χ4n) is 1.41. The zero-order chi connectivity index (χ0) is 13.1. The van der Waals surface area contributed by atoms with Crippen LogP contribution in [0.2, 0.25) is 0 Å². The molecule has 3 N–H and O–H groups in total. The van der Waals surface area contributed by atoms with Gasteiger partial charge in [0.15, 0.2) is 11.5 Å². The van der Waals surface area contributed by atoms with Gasteiger partial charge in [0.1, 0.15) is 0 Å². The highest BCUT2D eigenvalue weighted by atomic mass is 32.2. The third-order valence-corrected chi connectivity index (χ3v) is 3.01. The minimum Gasteiger partial charge on any atom is -0.493 e. The second-order valence-corrected chi connectivity index (χ2v) is 4.97. The predicted molar refractivity (Wildman–Crippen MR) is 62.9 cm³/mol. The maximum absolute atomic E-state index is 10.7. The highest BCUT2D eigenvalue weighted by Gasteiger charge is 2.16. The summed E-state index contributed by atoms with van der Waals surface area (Å²) in [5, 5.41) is 0. The Hall–Kier alpha value is -1.31. The van der Waals surface area contributed by atoms with Crippen LogP contribution >= 0.6 is 0 Å². The molecule has 0 fully saturated rings. The lowest BCUT2D eigenvalue weighted by atomic mass is 10.1. The molecule has 6 nitrogen and oxygen atoms in total. The third-order valence-electron chi connectivity index (χ3n) is 2.23. The Kier molecular flexibility index (Phi) is 4.33. The van der Waals surface area contributed by atoms with Crippen molar-refractivity contribution >= 4 is 10.1 Å². The number of methoxy groups -OCH3 is 2. The van der Waals surface area contributed by atoms with Gasteiger partial charge < -0.3 is 15.2 Å². The van der Waals surface area contributed by atoms with Gasteiger partial charge in [-0.25, -0.2) is 0 Å². The summed E-state index contributed by atoms with van der Waals surface area (Å²) in [7, 11) is -1.14. The molecule has 0 radical (unpaired) electrons. The monoisotopic (exact) mass is 261 g/mol. The van der Waals surface area contributed by atoms with E-state index in [1.54, 1.807) is 18.2 Å². The fourth-order valence-corrected chi connectivity index (χ4v) is 2.05. The zero-order valence-corrected chi connectivity index (χ0v) is 10.4. The van der Waals surface area contributed by atoms with Crippen molar-refractivity contribution in [3.05, 3.63) is 23.8 Å². The summed E-state index contributed by atoms with van der Waals surface area (Å²) in [4.78, 5) is 0. The van der Waals surface area contributed by atoms with E-state index in [0.717, 1.165) is 0 Å². The van der Waals surface area contributed by atoms with Crippen LogP contribution in [0, 0.1) is 0 Å². The first-order valence-corrected chi connectivity index (χ1v) is 6.41. The second-order valence-electron chi connectivity index (χ2n) is 3.47. The largest absolute Gasteiger partial charge is 0.493 e. The van der Waals surface area contributed by atoms with Gasteiger partial charge in [-0.3, -0.25) is 4.55 Å². The van der Waals surface area contributed by atoms with Crippen molar-refractivity contribution in [3.8, 4) is 11.5 Å². The molecule has 0 bridgehead atoms. The van der Waals surface area contributed by atoms with E-state index < -0.39 is 21.9 Å². The summed E-state index contributed by atoms with van der Waals surface area (Å²) in [6.07, 6.45) is 0. The van der Waals surface area contributed by atoms with E-state index >= 15 is 0 Å². The molecule has 1 aromatic carbocycles. The third kappa shape index (κ3) is 3.88. The molecule has 1 aromatic rings. The molecule has 96 valence electrons. The SMILES string of the molecule is COc1ccc(C(N)CS(=O)(=O)O)cc1OC. The first-order chi connectivity index (χ1) is 7.87. The van der Waals surface area contributed by atoms with Gasteiger partial charge in [0, 0.05) is 6.04 Å². The molecule has 0 aliphatic rings. The van der Waals surface area contributed by atoms with Crippen LogP contribution < -0.4 is 15.2 Å². The first-order valence-electron chi connectivity index (χ1n) is 4.80. The zero-order valence-electron chi connectivity index (χ0n) is 9.58. The Balaban J connectivity index is 2.99. The van der Waals surface area contributed by atoms with Crippen LogP contribution in [0.25, 0.3) is 0 Å².